The van der Waals surface area contributed by atoms with E-state index in [1.807, 2.05) is 12.4 Å². The molecule has 3 fully saturated rings. The van der Waals surface area contributed by atoms with Gasteiger partial charge in [-0.1, -0.05) is 25.3 Å². The van der Waals surface area contributed by atoms with Crippen LogP contribution in [0.1, 0.15) is 56.9 Å². The molecule has 1 aromatic carbocycles. The van der Waals surface area contributed by atoms with Crippen molar-refractivity contribution in [3.05, 3.63) is 36.2 Å². The van der Waals surface area contributed by atoms with Crippen molar-refractivity contribution in [2.24, 2.45) is 11.8 Å². The van der Waals surface area contributed by atoms with Gasteiger partial charge in [0.25, 0.3) is 0 Å². The van der Waals surface area contributed by atoms with Crippen molar-refractivity contribution in [2.75, 3.05) is 18.0 Å². The monoisotopic (exact) mass is 404 g/mol. The summed E-state index contributed by atoms with van der Waals surface area (Å²) in [6.45, 7) is 2.21. The molecule has 3 atom stereocenters. The topological polar surface area (TPSA) is 52.2 Å². The molecule has 4 heterocycles. The number of aromatic amines is 1. The number of hydrogen-bond donors (Lipinski definition) is 1. The second-order valence-corrected chi connectivity index (χ2v) is 9.90. The summed E-state index contributed by atoms with van der Waals surface area (Å²) in [6.07, 6.45) is 14.7. The molecule has 5 nitrogen and oxygen atoms in total. The van der Waals surface area contributed by atoms with Gasteiger partial charge in [-0.15, -0.1) is 0 Å². The molecular formula is C25H32N4O. The summed E-state index contributed by atoms with van der Waals surface area (Å²) in [6, 6.07) is 7.85. The molecule has 3 aliphatic heterocycles. The van der Waals surface area contributed by atoms with Crippen LogP contribution in [0.5, 0.6) is 0 Å². The van der Waals surface area contributed by atoms with E-state index in [4.69, 9.17) is 0 Å². The van der Waals surface area contributed by atoms with E-state index < -0.39 is 0 Å². The Morgan fingerprint density at radius 1 is 1.10 bits per heavy atom. The van der Waals surface area contributed by atoms with Crippen LogP contribution in [-0.4, -0.2) is 46.2 Å². The number of aromatic nitrogens is 2. The lowest BCUT2D eigenvalue weighted by Gasteiger charge is -2.32. The molecule has 0 spiro atoms. The third kappa shape index (κ3) is 3.05. The molecule has 2 saturated heterocycles. The predicted octanol–water partition coefficient (Wildman–Crippen LogP) is 4.40. The van der Waals surface area contributed by atoms with Gasteiger partial charge >= 0.3 is 0 Å². The third-order valence-corrected chi connectivity index (χ3v) is 8.23. The summed E-state index contributed by atoms with van der Waals surface area (Å²) in [5, 5.41) is 7.00. The van der Waals surface area contributed by atoms with Crippen LogP contribution < -0.4 is 4.90 Å². The summed E-state index contributed by atoms with van der Waals surface area (Å²) in [5.41, 5.74) is 5.25. The molecule has 2 bridgehead atoms. The number of amides is 1. The van der Waals surface area contributed by atoms with Gasteiger partial charge in [-0.05, 0) is 67.7 Å². The number of rotatable bonds is 4. The first-order valence-electron chi connectivity index (χ1n) is 12.0. The highest BCUT2D eigenvalue weighted by molar-refractivity contribution is 5.80. The maximum absolute atomic E-state index is 13.3. The zero-order valence-electron chi connectivity index (χ0n) is 17.7. The van der Waals surface area contributed by atoms with E-state index in [1.54, 1.807) is 0 Å². The summed E-state index contributed by atoms with van der Waals surface area (Å²) in [4.78, 5) is 18.2. The lowest BCUT2D eigenvalue weighted by atomic mass is 9.87. The maximum atomic E-state index is 13.3. The van der Waals surface area contributed by atoms with E-state index in [-0.39, 0.29) is 0 Å². The van der Waals surface area contributed by atoms with Crippen LogP contribution in [0, 0.1) is 11.8 Å². The number of H-pyrrole nitrogens is 1. The second-order valence-electron chi connectivity index (χ2n) is 9.90. The van der Waals surface area contributed by atoms with E-state index in [2.05, 4.69) is 38.2 Å². The van der Waals surface area contributed by atoms with E-state index >= 15 is 0 Å². The van der Waals surface area contributed by atoms with Crippen molar-refractivity contribution < 1.29 is 4.79 Å². The molecule has 4 aliphatic rings. The van der Waals surface area contributed by atoms with E-state index in [0.29, 0.717) is 29.8 Å². The van der Waals surface area contributed by atoms with Crippen LogP contribution in [0.15, 0.2) is 30.6 Å². The Morgan fingerprint density at radius 2 is 2.00 bits per heavy atom. The fourth-order valence-electron chi connectivity index (χ4n) is 6.74. The van der Waals surface area contributed by atoms with Gasteiger partial charge in [0, 0.05) is 48.5 Å². The highest BCUT2D eigenvalue weighted by Gasteiger charge is 2.50. The third-order valence-electron chi connectivity index (χ3n) is 8.23. The zero-order valence-corrected chi connectivity index (χ0v) is 17.7. The molecule has 0 radical (unpaired) electrons. The number of anilines is 1. The minimum atomic E-state index is 0.314. The molecule has 2 aromatic rings. The van der Waals surface area contributed by atoms with Gasteiger partial charge in [0.2, 0.25) is 5.91 Å². The Balaban J connectivity index is 1.16. The number of fused-ring (bicyclic) bond motifs is 3. The standard InChI is InChI=1S/C25H32N4O/c30-25(17-4-2-1-3-5-17)29-22-7-9-24(29)20(13-22)16-28-11-10-19-12-18(6-8-23(19)28)21-14-26-27-15-21/h6,8,12,14-15,17,20,22,24H,1-5,7,9-11,13,16H2,(H,26,27). The quantitative estimate of drug-likeness (QED) is 0.822. The molecule has 6 rings (SSSR count). The Hall–Kier alpha value is -2.30. The van der Waals surface area contributed by atoms with Crippen LogP contribution >= 0.6 is 0 Å². The molecular weight excluding hydrogens is 372 g/mol. The molecule has 30 heavy (non-hydrogen) atoms. The van der Waals surface area contributed by atoms with Gasteiger partial charge in [0.15, 0.2) is 0 Å². The molecule has 1 saturated carbocycles. The van der Waals surface area contributed by atoms with E-state index in [0.717, 1.165) is 37.9 Å². The van der Waals surface area contributed by atoms with Crippen LogP contribution in [0.3, 0.4) is 0 Å². The summed E-state index contributed by atoms with van der Waals surface area (Å²) in [7, 11) is 0. The van der Waals surface area contributed by atoms with Gasteiger partial charge in [-0.2, -0.15) is 5.10 Å². The molecule has 1 N–H and O–H groups in total. The fourth-order valence-corrected chi connectivity index (χ4v) is 6.74. The summed E-state index contributed by atoms with van der Waals surface area (Å²) >= 11 is 0. The van der Waals surface area contributed by atoms with Gasteiger partial charge in [0.05, 0.1) is 6.20 Å². The van der Waals surface area contributed by atoms with Gasteiger partial charge in [-0.3, -0.25) is 9.89 Å². The average Bonchev–Trinajstić information content (AvgIpc) is 3.58. The van der Waals surface area contributed by atoms with Crippen molar-refractivity contribution in [3.8, 4) is 11.1 Å². The SMILES string of the molecule is O=C(C1CCCCC1)N1C2CCC1C(CN1CCc3cc(-c4cn[nH]c4)ccc31)C2. The van der Waals surface area contributed by atoms with Crippen molar-refractivity contribution in [1.82, 2.24) is 15.1 Å². The van der Waals surface area contributed by atoms with E-state index in [1.165, 1.54) is 55.3 Å². The molecule has 158 valence electrons. The number of carbonyl (C=O) groups is 1. The summed E-state index contributed by atoms with van der Waals surface area (Å²) in [5.74, 6) is 1.45. The number of benzene rings is 1. The van der Waals surface area contributed by atoms with Crippen molar-refractivity contribution >= 4 is 11.6 Å². The lowest BCUT2D eigenvalue weighted by Crippen LogP contribution is -2.42. The Bertz CT molecular complexity index is 917. The van der Waals surface area contributed by atoms with E-state index in [9.17, 15) is 4.79 Å². The number of nitrogens with one attached hydrogen (secondary N) is 1. The summed E-state index contributed by atoms with van der Waals surface area (Å²) < 4.78 is 0. The minimum Gasteiger partial charge on any atom is -0.371 e. The Morgan fingerprint density at radius 3 is 2.83 bits per heavy atom. The van der Waals surface area contributed by atoms with Crippen LogP contribution in [-0.2, 0) is 11.2 Å². The highest BCUT2D eigenvalue weighted by Crippen LogP contribution is 2.45. The van der Waals surface area contributed by atoms with Crippen LogP contribution in [0.2, 0.25) is 0 Å². The van der Waals surface area contributed by atoms with Crippen LogP contribution in [0.4, 0.5) is 5.69 Å². The normalized spacial score (nSPS) is 28.3. The first-order valence-corrected chi connectivity index (χ1v) is 12.0. The minimum absolute atomic E-state index is 0.314. The number of nitrogens with zero attached hydrogens (tertiary/aromatic N) is 3. The first kappa shape index (κ1) is 18.5. The molecule has 5 heteroatoms. The van der Waals surface area contributed by atoms with Gasteiger partial charge in [-0.25, -0.2) is 0 Å². The molecule has 3 unspecified atom stereocenters. The Kier molecular flexibility index (Phi) is 4.58. The maximum Gasteiger partial charge on any atom is 0.226 e. The average molecular weight is 405 g/mol. The number of hydrogen-bond acceptors (Lipinski definition) is 3. The Labute approximate surface area is 178 Å². The zero-order chi connectivity index (χ0) is 20.1. The largest absolute Gasteiger partial charge is 0.371 e. The lowest BCUT2D eigenvalue weighted by molar-refractivity contribution is -0.138. The van der Waals surface area contributed by atoms with Crippen molar-refractivity contribution in [1.29, 1.82) is 0 Å². The van der Waals surface area contributed by atoms with Crippen molar-refractivity contribution in [3.63, 3.8) is 0 Å². The van der Waals surface area contributed by atoms with Crippen molar-refractivity contribution in [2.45, 2.75) is 69.9 Å². The first-order chi connectivity index (χ1) is 14.8. The predicted molar refractivity (Wildman–Crippen MR) is 118 cm³/mol. The molecule has 1 amide bonds. The molecule has 1 aromatic heterocycles. The van der Waals surface area contributed by atoms with Gasteiger partial charge < -0.3 is 9.80 Å². The highest BCUT2D eigenvalue weighted by atomic mass is 16.2. The fraction of sp³-hybridized carbons (Fsp3) is 0.600. The second kappa shape index (κ2) is 7.44. The molecule has 1 aliphatic carbocycles. The smallest absolute Gasteiger partial charge is 0.226 e. The van der Waals surface area contributed by atoms with Crippen LogP contribution in [0.25, 0.3) is 11.1 Å². The van der Waals surface area contributed by atoms with Gasteiger partial charge in [0.1, 0.15) is 0 Å². The number of carbonyl (C=O) groups excluding carboxylic acids is 1.